The van der Waals surface area contributed by atoms with Crippen LogP contribution in [0.1, 0.15) is 12.5 Å². The fourth-order valence-corrected chi connectivity index (χ4v) is 2.19. The molecule has 2 aromatic rings. The van der Waals surface area contributed by atoms with Gasteiger partial charge in [0.15, 0.2) is 5.54 Å². The molecule has 128 valence electrons. The van der Waals surface area contributed by atoms with Crippen LogP contribution in [-0.4, -0.2) is 32.6 Å². The Hall–Kier alpha value is -1.76. The second-order valence-electron chi connectivity index (χ2n) is 5.16. The van der Waals surface area contributed by atoms with Gasteiger partial charge in [0, 0.05) is 11.6 Å². The van der Waals surface area contributed by atoms with Crippen molar-refractivity contribution in [2.24, 2.45) is 0 Å². The highest BCUT2D eigenvalue weighted by Gasteiger charge is 2.38. The number of carbonyl (C=O) groups excluding carboxylic acids is 1. The van der Waals surface area contributed by atoms with Crippen LogP contribution in [0.5, 0.6) is 0 Å². The molecule has 1 aromatic heterocycles. The monoisotopic (exact) mass is 390 g/mol. The summed E-state index contributed by atoms with van der Waals surface area (Å²) in [6.45, 7) is 0.824. The van der Waals surface area contributed by atoms with E-state index in [2.05, 4.69) is 10.3 Å². The molecule has 0 aliphatic carbocycles. The number of rotatable bonds is 4. The minimum absolute atomic E-state index is 0.348. The largest absolute Gasteiger partial charge is 0.479 e. The molecule has 0 aliphatic heterocycles. The van der Waals surface area contributed by atoms with Crippen molar-refractivity contribution in [2.45, 2.75) is 16.3 Å². The maximum Gasteiger partial charge on any atom is 0.408 e. The molecule has 24 heavy (non-hydrogen) atoms. The lowest BCUT2D eigenvalue weighted by Gasteiger charge is -2.27. The van der Waals surface area contributed by atoms with E-state index in [-0.39, 0.29) is 0 Å². The average Bonchev–Trinajstić information content (AvgIpc) is 2.51. The molecule has 2 rings (SSSR count). The van der Waals surface area contributed by atoms with Crippen LogP contribution in [0.25, 0.3) is 10.9 Å². The molecule has 0 aliphatic rings. The molecule has 0 radical (unpaired) electrons. The number of aromatic nitrogens is 1. The zero-order valence-corrected chi connectivity index (χ0v) is 14.7. The molecular formula is C15H13Cl3N2O4. The van der Waals surface area contributed by atoms with Crippen molar-refractivity contribution < 1.29 is 19.4 Å². The number of alkyl halides is 3. The van der Waals surface area contributed by atoms with E-state index in [1.54, 1.807) is 36.5 Å². The number of pyridine rings is 1. The number of fused-ring (bicyclic) bond motifs is 1. The van der Waals surface area contributed by atoms with Crippen molar-refractivity contribution in [3.8, 4) is 0 Å². The number of hydrogen-bond acceptors (Lipinski definition) is 4. The summed E-state index contributed by atoms with van der Waals surface area (Å²) < 4.78 is 2.95. The van der Waals surface area contributed by atoms with Gasteiger partial charge in [0.2, 0.25) is 3.79 Å². The van der Waals surface area contributed by atoms with Crippen LogP contribution < -0.4 is 5.32 Å². The number of aliphatic carboxylic acids is 1. The molecule has 1 atom stereocenters. The van der Waals surface area contributed by atoms with Gasteiger partial charge in [0.25, 0.3) is 0 Å². The van der Waals surface area contributed by atoms with Crippen molar-refractivity contribution in [3.63, 3.8) is 0 Å². The van der Waals surface area contributed by atoms with Gasteiger partial charge in [-0.15, -0.1) is 0 Å². The van der Waals surface area contributed by atoms with Crippen LogP contribution in [-0.2, 0) is 15.1 Å². The van der Waals surface area contributed by atoms with Crippen LogP contribution in [0.2, 0.25) is 0 Å². The lowest BCUT2D eigenvalue weighted by Crippen LogP contribution is -2.50. The number of nitrogens with zero attached hydrogens (tertiary/aromatic N) is 1. The fourth-order valence-electron chi connectivity index (χ4n) is 2.02. The normalized spacial score (nSPS) is 14.0. The number of amides is 1. The number of carboxylic acids is 1. The summed E-state index contributed by atoms with van der Waals surface area (Å²) >= 11 is 16.5. The van der Waals surface area contributed by atoms with Gasteiger partial charge in [0.05, 0.1) is 5.52 Å². The number of halogens is 3. The summed E-state index contributed by atoms with van der Waals surface area (Å²) in [6, 6.07) is 8.38. The van der Waals surface area contributed by atoms with Crippen LogP contribution in [0.3, 0.4) is 0 Å². The van der Waals surface area contributed by atoms with Gasteiger partial charge in [-0.25, -0.2) is 9.59 Å². The van der Waals surface area contributed by atoms with E-state index in [0.29, 0.717) is 11.1 Å². The molecule has 0 fully saturated rings. The Labute approximate surface area is 152 Å². The first-order valence-electron chi connectivity index (χ1n) is 6.72. The summed E-state index contributed by atoms with van der Waals surface area (Å²) in [5.74, 6) is -1.27. The summed E-state index contributed by atoms with van der Waals surface area (Å²) in [5.41, 5.74) is -0.677. The Balaban J connectivity index is 2.28. The minimum Gasteiger partial charge on any atom is -0.479 e. The molecule has 0 spiro atoms. The Morgan fingerprint density at radius 1 is 1.29 bits per heavy atom. The topological polar surface area (TPSA) is 88.5 Å². The van der Waals surface area contributed by atoms with Crippen LogP contribution in [0.4, 0.5) is 4.79 Å². The molecule has 6 nitrogen and oxygen atoms in total. The predicted molar refractivity (Wildman–Crippen MR) is 91.5 cm³/mol. The number of carboxylic acid groups (broad SMARTS) is 1. The van der Waals surface area contributed by atoms with Gasteiger partial charge < -0.3 is 15.2 Å². The first-order valence-corrected chi connectivity index (χ1v) is 7.85. The highest BCUT2D eigenvalue weighted by atomic mass is 35.6. The first-order chi connectivity index (χ1) is 11.1. The zero-order valence-electron chi connectivity index (χ0n) is 12.4. The maximum absolute atomic E-state index is 11.9. The van der Waals surface area contributed by atoms with E-state index < -0.39 is 28.0 Å². The number of hydrogen-bond donors (Lipinski definition) is 2. The molecule has 1 aromatic carbocycles. The second kappa shape index (κ2) is 7.01. The van der Waals surface area contributed by atoms with Gasteiger partial charge in [-0.1, -0.05) is 46.9 Å². The molecule has 1 heterocycles. The third-order valence-electron chi connectivity index (χ3n) is 3.33. The predicted octanol–water partition coefficient (Wildman–Crippen LogP) is 3.63. The molecule has 9 heteroatoms. The Morgan fingerprint density at radius 3 is 2.62 bits per heavy atom. The smallest absolute Gasteiger partial charge is 0.408 e. The van der Waals surface area contributed by atoms with Crippen molar-refractivity contribution >= 4 is 57.8 Å². The van der Waals surface area contributed by atoms with Gasteiger partial charge in [-0.2, -0.15) is 0 Å². The lowest BCUT2D eigenvalue weighted by atomic mass is 9.91. The van der Waals surface area contributed by atoms with E-state index in [9.17, 15) is 14.7 Å². The molecule has 0 unspecified atom stereocenters. The second-order valence-corrected chi connectivity index (χ2v) is 7.67. The van der Waals surface area contributed by atoms with Crippen LogP contribution in [0, 0.1) is 0 Å². The molecule has 1 amide bonds. The molecule has 0 bridgehead atoms. The Kier molecular flexibility index (Phi) is 5.42. The number of carbonyl (C=O) groups is 2. The lowest BCUT2D eigenvalue weighted by molar-refractivity contribution is -0.144. The van der Waals surface area contributed by atoms with E-state index in [1.807, 2.05) is 0 Å². The van der Waals surface area contributed by atoms with Crippen LogP contribution >= 0.6 is 34.8 Å². The highest BCUT2D eigenvalue weighted by molar-refractivity contribution is 6.67. The number of nitrogens with one attached hydrogen (secondary N) is 1. The highest BCUT2D eigenvalue weighted by Crippen LogP contribution is 2.27. The van der Waals surface area contributed by atoms with Gasteiger partial charge in [-0.05, 0) is 30.7 Å². The van der Waals surface area contributed by atoms with E-state index in [4.69, 9.17) is 39.5 Å². The number of ether oxygens (including phenoxy) is 1. The van der Waals surface area contributed by atoms with Crippen molar-refractivity contribution in [1.82, 2.24) is 10.3 Å². The van der Waals surface area contributed by atoms with E-state index in [0.717, 1.165) is 5.39 Å². The number of alkyl carbamates (subject to hydrolysis) is 1. The molecule has 0 saturated carbocycles. The molecular weight excluding hydrogens is 379 g/mol. The third-order valence-corrected chi connectivity index (χ3v) is 3.65. The van der Waals surface area contributed by atoms with E-state index in [1.165, 1.54) is 6.92 Å². The van der Waals surface area contributed by atoms with Gasteiger partial charge in [0.1, 0.15) is 6.61 Å². The Bertz CT molecular complexity index is 779. The standard InChI is InChI=1S/C15H13Cl3N2O4/c1-14(12(21)22,20-13(23)24-8-15(16,17)18)10-4-5-11-9(7-10)3-2-6-19-11/h2-7H,8H2,1H3,(H,20,23)(H,21,22)/t14-/m0/s1. The summed E-state index contributed by atoms with van der Waals surface area (Å²) in [7, 11) is 0. The summed E-state index contributed by atoms with van der Waals surface area (Å²) in [6.07, 6.45) is 0.614. The van der Waals surface area contributed by atoms with Crippen molar-refractivity contribution in [2.75, 3.05) is 6.61 Å². The first kappa shape index (κ1) is 18.6. The fraction of sp³-hybridized carbons (Fsp3) is 0.267. The Morgan fingerprint density at radius 2 is 2.00 bits per heavy atom. The maximum atomic E-state index is 11.9. The third kappa shape index (κ3) is 4.41. The summed E-state index contributed by atoms with van der Waals surface area (Å²) in [5, 5.41) is 12.6. The minimum atomic E-state index is -1.79. The van der Waals surface area contributed by atoms with Crippen molar-refractivity contribution in [1.29, 1.82) is 0 Å². The van der Waals surface area contributed by atoms with E-state index >= 15 is 0 Å². The quantitative estimate of drug-likeness (QED) is 0.777. The molecule has 0 saturated heterocycles. The molecule has 2 N–H and O–H groups in total. The zero-order chi connectivity index (χ0) is 18.0. The average molecular weight is 392 g/mol. The SMILES string of the molecule is C[C@@](NC(=O)OCC(Cl)(Cl)Cl)(C(=O)O)c1ccc2ncccc2c1. The summed E-state index contributed by atoms with van der Waals surface area (Å²) in [4.78, 5) is 27.8. The van der Waals surface area contributed by atoms with Crippen molar-refractivity contribution in [3.05, 3.63) is 42.1 Å². The van der Waals surface area contributed by atoms with Gasteiger partial charge in [-0.3, -0.25) is 4.98 Å². The van der Waals surface area contributed by atoms with Crippen LogP contribution in [0.15, 0.2) is 36.5 Å². The number of benzene rings is 1. The van der Waals surface area contributed by atoms with Gasteiger partial charge >= 0.3 is 12.1 Å².